The fraction of sp³-hybridized carbons (Fsp3) is 0.312. The maximum Gasteiger partial charge on any atom is 0.186 e. The SMILES string of the molecule is Cc1nc(N2CCOCC2)sc1/C=C(\C#N)c1ccccn1. The monoisotopic (exact) mass is 312 g/mol. The molecule has 0 radical (unpaired) electrons. The second kappa shape index (κ2) is 6.69. The van der Waals surface area contributed by atoms with E-state index in [0.29, 0.717) is 11.3 Å². The predicted octanol–water partition coefficient (Wildman–Crippen LogP) is 2.75. The van der Waals surface area contributed by atoms with Gasteiger partial charge in [-0.1, -0.05) is 17.4 Å². The number of hydrogen-bond donors (Lipinski definition) is 0. The molecule has 0 aromatic carbocycles. The van der Waals surface area contributed by atoms with Crippen LogP contribution in [0.5, 0.6) is 0 Å². The number of allylic oxidation sites excluding steroid dienone is 1. The van der Waals surface area contributed by atoms with Crippen LogP contribution in [0.25, 0.3) is 11.6 Å². The summed E-state index contributed by atoms with van der Waals surface area (Å²) in [6.07, 6.45) is 3.57. The van der Waals surface area contributed by atoms with Gasteiger partial charge in [0, 0.05) is 19.3 Å². The van der Waals surface area contributed by atoms with Crippen LogP contribution >= 0.6 is 11.3 Å². The number of ether oxygens (including phenoxy) is 1. The zero-order chi connectivity index (χ0) is 15.4. The van der Waals surface area contributed by atoms with Crippen molar-refractivity contribution in [1.82, 2.24) is 9.97 Å². The molecule has 1 saturated heterocycles. The van der Waals surface area contributed by atoms with Crippen molar-refractivity contribution in [2.24, 2.45) is 0 Å². The third-order valence-electron chi connectivity index (χ3n) is 3.44. The molecular weight excluding hydrogens is 296 g/mol. The lowest BCUT2D eigenvalue weighted by Gasteiger charge is -2.25. The Labute approximate surface area is 133 Å². The van der Waals surface area contributed by atoms with Crippen molar-refractivity contribution in [1.29, 1.82) is 5.26 Å². The normalized spacial score (nSPS) is 15.6. The van der Waals surface area contributed by atoms with E-state index in [4.69, 9.17) is 4.74 Å². The Morgan fingerprint density at radius 3 is 2.91 bits per heavy atom. The molecule has 0 unspecified atom stereocenters. The molecule has 1 fully saturated rings. The molecule has 0 amide bonds. The average Bonchev–Trinajstić information content (AvgIpc) is 2.95. The molecule has 2 aromatic rings. The van der Waals surface area contributed by atoms with Gasteiger partial charge in [0.15, 0.2) is 5.13 Å². The number of anilines is 1. The first-order chi connectivity index (χ1) is 10.8. The van der Waals surface area contributed by atoms with E-state index in [1.807, 2.05) is 31.2 Å². The molecule has 5 nitrogen and oxygen atoms in total. The Morgan fingerprint density at radius 1 is 1.41 bits per heavy atom. The topological polar surface area (TPSA) is 62.0 Å². The molecule has 1 aliphatic rings. The molecule has 112 valence electrons. The van der Waals surface area contributed by atoms with E-state index >= 15 is 0 Å². The Bertz CT molecular complexity index is 711. The first kappa shape index (κ1) is 14.7. The number of hydrogen-bond acceptors (Lipinski definition) is 6. The molecule has 3 heterocycles. The number of aromatic nitrogens is 2. The van der Waals surface area contributed by atoms with E-state index in [-0.39, 0.29) is 0 Å². The molecule has 0 bridgehead atoms. The minimum Gasteiger partial charge on any atom is -0.378 e. The van der Waals surface area contributed by atoms with Crippen LogP contribution in [0, 0.1) is 18.3 Å². The van der Waals surface area contributed by atoms with Gasteiger partial charge in [-0.25, -0.2) is 4.98 Å². The molecule has 0 saturated carbocycles. The van der Waals surface area contributed by atoms with Crippen molar-refractivity contribution in [3.05, 3.63) is 40.7 Å². The van der Waals surface area contributed by atoms with Crippen molar-refractivity contribution >= 4 is 28.1 Å². The van der Waals surface area contributed by atoms with Crippen LogP contribution in [0.4, 0.5) is 5.13 Å². The second-order valence-electron chi connectivity index (χ2n) is 4.93. The predicted molar refractivity (Wildman–Crippen MR) is 87.6 cm³/mol. The van der Waals surface area contributed by atoms with Gasteiger partial charge in [-0.2, -0.15) is 5.26 Å². The molecule has 0 aliphatic carbocycles. The minimum absolute atomic E-state index is 0.556. The van der Waals surface area contributed by atoms with Crippen molar-refractivity contribution in [3.63, 3.8) is 0 Å². The van der Waals surface area contributed by atoms with Crippen LogP contribution < -0.4 is 4.90 Å². The van der Waals surface area contributed by atoms with E-state index < -0.39 is 0 Å². The summed E-state index contributed by atoms with van der Waals surface area (Å²) in [6.45, 7) is 5.17. The van der Waals surface area contributed by atoms with E-state index in [9.17, 15) is 5.26 Å². The van der Waals surface area contributed by atoms with Crippen LogP contribution in [-0.4, -0.2) is 36.3 Å². The van der Waals surface area contributed by atoms with Gasteiger partial charge < -0.3 is 9.64 Å². The summed E-state index contributed by atoms with van der Waals surface area (Å²) in [4.78, 5) is 12.1. The largest absolute Gasteiger partial charge is 0.378 e. The van der Waals surface area contributed by atoms with Gasteiger partial charge in [0.25, 0.3) is 0 Å². The smallest absolute Gasteiger partial charge is 0.186 e. The van der Waals surface area contributed by atoms with Crippen molar-refractivity contribution < 1.29 is 4.74 Å². The molecule has 6 heteroatoms. The van der Waals surface area contributed by atoms with Gasteiger partial charge in [-0.15, -0.1) is 0 Å². The lowest BCUT2D eigenvalue weighted by Crippen LogP contribution is -2.36. The Hall–Kier alpha value is -2.23. The summed E-state index contributed by atoms with van der Waals surface area (Å²) in [6, 6.07) is 7.79. The van der Waals surface area contributed by atoms with Crippen LogP contribution in [0.1, 0.15) is 16.3 Å². The Morgan fingerprint density at radius 2 is 2.23 bits per heavy atom. The van der Waals surface area contributed by atoms with E-state index in [0.717, 1.165) is 42.0 Å². The van der Waals surface area contributed by atoms with Crippen LogP contribution in [0.15, 0.2) is 24.4 Å². The summed E-state index contributed by atoms with van der Waals surface area (Å²) in [7, 11) is 0. The number of rotatable bonds is 3. The third-order valence-corrected chi connectivity index (χ3v) is 4.60. The van der Waals surface area contributed by atoms with Crippen molar-refractivity contribution in [3.8, 4) is 6.07 Å². The summed E-state index contributed by atoms with van der Waals surface area (Å²) >= 11 is 1.61. The van der Waals surface area contributed by atoms with Gasteiger partial charge >= 0.3 is 0 Å². The lowest BCUT2D eigenvalue weighted by atomic mass is 10.1. The van der Waals surface area contributed by atoms with Crippen LogP contribution in [0.2, 0.25) is 0 Å². The Balaban J connectivity index is 1.90. The molecule has 3 rings (SSSR count). The second-order valence-corrected chi connectivity index (χ2v) is 5.94. The van der Waals surface area contributed by atoms with Gasteiger partial charge in [0.05, 0.1) is 35.1 Å². The van der Waals surface area contributed by atoms with E-state index in [2.05, 4.69) is 20.9 Å². The van der Waals surface area contributed by atoms with Gasteiger partial charge in [-0.3, -0.25) is 4.98 Å². The lowest BCUT2D eigenvalue weighted by molar-refractivity contribution is 0.122. The summed E-state index contributed by atoms with van der Waals surface area (Å²) < 4.78 is 5.37. The molecule has 0 spiro atoms. The number of aryl methyl sites for hydroxylation is 1. The maximum atomic E-state index is 9.39. The number of morpholine rings is 1. The number of pyridine rings is 1. The minimum atomic E-state index is 0.556. The fourth-order valence-corrected chi connectivity index (χ4v) is 3.30. The Kier molecular flexibility index (Phi) is 4.47. The highest BCUT2D eigenvalue weighted by Gasteiger charge is 2.16. The fourth-order valence-electron chi connectivity index (χ4n) is 2.23. The third kappa shape index (κ3) is 3.16. The highest BCUT2D eigenvalue weighted by molar-refractivity contribution is 7.16. The standard InChI is InChI=1S/C16H16N4OS/c1-12-15(10-13(11-17)14-4-2-3-5-18-14)22-16(19-12)20-6-8-21-9-7-20/h2-5,10H,6-9H2,1H3/b13-10+. The van der Waals surface area contributed by atoms with Crippen molar-refractivity contribution in [2.45, 2.75) is 6.92 Å². The number of thiazole rings is 1. The van der Waals surface area contributed by atoms with E-state index in [1.165, 1.54) is 0 Å². The zero-order valence-electron chi connectivity index (χ0n) is 12.3. The summed E-state index contributed by atoms with van der Waals surface area (Å²) in [5.41, 5.74) is 2.18. The molecule has 0 N–H and O–H groups in total. The summed E-state index contributed by atoms with van der Waals surface area (Å²) in [5.74, 6) is 0. The number of nitrogens with zero attached hydrogens (tertiary/aromatic N) is 4. The van der Waals surface area contributed by atoms with Gasteiger partial charge in [0.2, 0.25) is 0 Å². The quantitative estimate of drug-likeness (QED) is 0.816. The van der Waals surface area contributed by atoms with Crippen LogP contribution in [0.3, 0.4) is 0 Å². The van der Waals surface area contributed by atoms with Crippen molar-refractivity contribution in [2.75, 3.05) is 31.2 Å². The molecule has 0 atom stereocenters. The van der Waals surface area contributed by atoms with Gasteiger partial charge in [-0.05, 0) is 25.1 Å². The number of nitriles is 1. The van der Waals surface area contributed by atoms with Crippen LogP contribution in [-0.2, 0) is 4.74 Å². The molecular formula is C16H16N4OS. The highest BCUT2D eigenvalue weighted by atomic mass is 32.1. The average molecular weight is 312 g/mol. The van der Waals surface area contributed by atoms with Gasteiger partial charge in [0.1, 0.15) is 6.07 Å². The first-order valence-electron chi connectivity index (χ1n) is 7.11. The summed E-state index contributed by atoms with van der Waals surface area (Å²) in [5, 5.41) is 10.4. The first-order valence-corrected chi connectivity index (χ1v) is 7.93. The van der Waals surface area contributed by atoms with E-state index in [1.54, 1.807) is 17.5 Å². The highest BCUT2D eigenvalue weighted by Crippen LogP contribution is 2.29. The zero-order valence-corrected chi connectivity index (χ0v) is 13.1. The maximum absolute atomic E-state index is 9.39. The molecule has 2 aromatic heterocycles. The molecule has 22 heavy (non-hydrogen) atoms. The molecule has 1 aliphatic heterocycles.